The Kier molecular flexibility index (Phi) is 10.5. The monoisotopic (exact) mass is 750 g/mol. The lowest BCUT2D eigenvalue weighted by Gasteiger charge is -2.44. The summed E-state index contributed by atoms with van der Waals surface area (Å²) in [5, 5.41) is 14.6. The molecule has 5 nitrogen and oxygen atoms in total. The van der Waals surface area contributed by atoms with Gasteiger partial charge in [0.1, 0.15) is 17.1 Å². The fraction of sp³-hybridized carbons (Fsp3) is 0.367. The van der Waals surface area contributed by atoms with E-state index in [-0.39, 0.29) is 34.9 Å². The summed E-state index contributed by atoms with van der Waals surface area (Å²) in [6.07, 6.45) is 2.49. The van der Waals surface area contributed by atoms with E-state index in [9.17, 15) is 9.90 Å². The Bertz CT molecular complexity index is 1880. The molecule has 2 aliphatic carbocycles. The smallest absolute Gasteiger partial charge is 0.315 e. The van der Waals surface area contributed by atoms with Gasteiger partial charge >= 0.3 is 5.97 Å². The Labute approximate surface area is 327 Å². The number of rotatable bonds is 14. The molecular formula is C49H54O5Si. The number of esters is 1. The van der Waals surface area contributed by atoms with Crippen LogP contribution in [0, 0.1) is 23.2 Å². The minimum Gasteiger partial charge on any atom is -0.462 e. The quantitative estimate of drug-likeness (QED) is 0.0533. The Hall–Kier alpha value is -4.33. The summed E-state index contributed by atoms with van der Waals surface area (Å²) in [5.41, 5.74) is 1.37. The molecule has 0 bridgehead atoms. The van der Waals surface area contributed by atoms with Crippen molar-refractivity contribution in [2.24, 2.45) is 23.2 Å². The number of hydrogen-bond donors (Lipinski definition) is 1. The van der Waals surface area contributed by atoms with Crippen LogP contribution in [0.5, 0.6) is 0 Å². The molecule has 1 saturated heterocycles. The number of hydrogen-bond acceptors (Lipinski definition) is 5. The van der Waals surface area contributed by atoms with Crippen LogP contribution in [-0.2, 0) is 24.3 Å². The largest absolute Gasteiger partial charge is 0.462 e. The van der Waals surface area contributed by atoms with Crippen LogP contribution in [-0.4, -0.2) is 44.8 Å². The summed E-state index contributed by atoms with van der Waals surface area (Å²) in [6, 6.07) is 52.6. The van der Waals surface area contributed by atoms with Gasteiger partial charge in [-0.2, -0.15) is 0 Å². The third kappa shape index (κ3) is 6.41. The summed E-state index contributed by atoms with van der Waals surface area (Å²) in [4.78, 5) is 14.1. The van der Waals surface area contributed by atoms with E-state index in [2.05, 4.69) is 154 Å². The summed E-state index contributed by atoms with van der Waals surface area (Å²) in [7, 11) is -2.77. The predicted octanol–water partition coefficient (Wildman–Crippen LogP) is 8.67. The van der Waals surface area contributed by atoms with Crippen LogP contribution in [0.15, 0.2) is 152 Å². The van der Waals surface area contributed by atoms with Crippen molar-refractivity contribution in [1.29, 1.82) is 0 Å². The maximum atomic E-state index is 14.1. The van der Waals surface area contributed by atoms with E-state index in [0.29, 0.717) is 32.5 Å². The molecule has 284 valence electrons. The second-order valence-corrected chi connectivity index (χ2v) is 21.3. The van der Waals surface area contributed by atoms with Crippen molar-refractivity contribution >= 4 is 24.7 Å². The standard InChI is InChI=1S/C49H54O5Si/c1-47(2,3)55(40-26-15-7-16-27-40,41-28-17-8-18-29-41)53-35-36-34-48(45-42(36)31-32-43(45)54-46(48)51)44(50)30-19-33-52-49(37-20-9-4-10-21-37,38-22-11-5-12-23-38)39-24-13-6-14-25-39/h4-18,20-29,36,42-45,50H,19,30-35H2,1-3H3/t36-,42+,43+,44+,45-,48+/m0/s1. The van der Waals surface area contributed by atoms with Gasteiger partial charge in [-0.1, -0.05) is 172 Å². The van der Waals surface area contributed by atoms with Gasteiger partial charge in [-0.3, -0.25) is 4.79 Å². The molecule has 1 N–H and O–H groups in total. The highest BCUT2D eigenvalue weighted by Gasteiger charge is 2.70. The zero-order valence-electron chi connectivity index (χ0n) is 32.4. The van der Waals surface area contributed by atoms with Crippen LogP contribution in [0.3, 0.4) is 0 Å². The van der Waals surface area contributed by atoms with Gasteiger partial charge < -0.3 is 19.0 Å². The normalized spacial score (nSPS) is 24.0. The molecule has 3 aliphatic rings. The third-order valence-corrected chi connectivity index (χ3v) is 18.1. The number of carbonyl (C=O) groups excluding carboxylic acids is 1. The van der Waals surface area contributed by atoms with Crippen LogP contribution in [0.2, 0.25) is 5.04 Å². The summed E-state index contributed by atoms with van der Waals surface area (Å²) in [6.45, 7) is 7.88. The van der Waals surface area contributed by atoms with Gasteiger partial charge in [0, 0.05) is 19.1 Å². The Morgan fingerprint density at radius 2 is 1.20 bits per heavy atom. The predicted molar refractivity (Wildman–Crippen MR) is 221 cm³/mol. The number of carbonyl (C=O) groups is 1. The van der Waals surface area contributed by atoms with Crippen molar-refractivity contribution in [3.63, 3.8) is 0 Å². The fourth-order valence-electron chi connectivity index (χ4n) is 10.8. The van der Waals surface area contributed by atoms with Crippen LogP contribution in [0.25, 0.3) is 0 Å². The second kappa shape index (κ2) is 15.3. The van der Waals surface area contributed by atoms with E-state index in [1.807, 2.05) is 18.2 Å². The maximum absolute atomic E-state index is 14.1. The van der Waals surface area contributed by atoms with Gasteiger partial charge in [0.15, 0.2) is 0 Å². The molecule has 5 aromatic carbocycles. The van der Waals surface area contributed by atoms with Crippen LogP contribution in [0.1, 0.15) is 69.6 Å². The molecule has 55 heavy (non-hydrogen) atoms. The molecule has 0 aromatic heterocycles. The van der Waals surface area contributed by atoms with Gasteiger partial charge in [-0.15, -0.1) is 0 Å². The highest BCUT2D eigenvalue weighted by molar-refractivity contribution is 6.99. The molecule has 1 aliphatic heterocycles. The van der Waals surface area contributed by atoms with E-state index in [1.54, 1.807) is 0 Å². The first-order chi connectivity index (χ1) is 26.7. The van der Waals surface area contributed by atoms with Crippen molar-refractivity contribution in [3.8, 4) is 0 Å². The fourth-order valence-corrected chi connectivity index (χ4v) is 15.4. The van der Waals surface area contributed by atoms with Gasteiger partial charge in [0.2, 0.25) is 0 Å². The Morgan fingerprint density at radius 1 is 0.727 bits per heavy atom. The van der Waals surface area contributed by atoms with Gasteiger partial charge in [-0.05, 0) is 76.0 Å². The minimum absolute atomic E-state index is 0.000666. The highest BCUT2D eigenvalue weighted by atomic mass is 28.4. The lowest BCUT2D eigenvalue weighted by Crippen LogP contribution is -2.67. The molecular weight excluding hydrogens is 697 g/mol. The topological polar surface area (TPSA) is 65.0 Å². The number of ether oxygens (including phenoxy) is 2. The first-order valence-electron chi connectivity index (χ1n) is 20.2. The van der Waals surface area contributed by atoms with Crippen LogP contribution < -0.4 is 10.4 Å². The molecule has 0 spiro atoms. The van der Waals surface area contributed by atoms with Crippen LogP contribution in [0.4, 0.5) is 0 Å². The number of benzene rings is 5. The van der Waals surface area contributed by atoms with Gasteiger partial charge in [-0.25, -0.2) is 0 Å². The molecule has 0 radical (unpaired) electrons. The van der Waals surface area contributed by atoms with E-state index in [1.165, 1.54) is 10.4 Å². The van der Waals surface area contributed by atoms with E-state index < -0.39 is 25.4 Å². The summed E-state index contributed by atoms with van der Waals surface area (Å²) < 4.78 is 20.6. The zero-order chi connectivity index (χ0) is 38.1. The second-order valence-electron chi connectivity index (χ2n) is 17.0. The molecule has 3 fully saturated rings. The Balaban J connectivity index is 1.04. The average molecular weight is 751 g/mol. The van der Waals surface area contributed by atoms with Gasteiger partial charge in [0.25, 0.3) is 8.32 Å². The number of aliphatic hydroxyl groups excluding tert-OH is 1. The molecule has 2 saturated carbocycles. The third-order valence-electron chi connectivity index (χ3n) is 13.1. The molecule has 0 unspecified atom stereocenters. The van der Waals surface area contributed by atoms with Crippen molar-refractivity contribution in [2.75, 3.05) is 13.2 Å². The van der Waals surface area contributed by atoms with Crippen molar-refractivity contribution in [1.82, 2.24) is 0 Å². The van der Waals surface area contributed by atoms with E-state index in [4.69, 9.17) is 13.9 Å². The van der Waals surface area contributed by atoms with Crippen LogP contribution >= 0.6 is 0 Å². The molecule has 0 amide bonds. The SMILES string of the molecule is CC(C)(C)[Si](OC[C@@H]1C[C@]2([C@H](O)CCCOC(c3ccccc3)(c3ccccc3)c3ccccc3)C(=O)O[C@@H]3CC[C@H]1[C@@H]32)(c1ccccc1)c1ccccc1. The Morgan fingerprint density at radius 3 is 1.67 bits per heavy atom. The summed E-state index contributed by atoms with van der Waals surface area (Å²) in [5.74, 6) is 0.196. The van der Waals surface area contributed by atoms with Crippen molar-refractivity contribution in [3.05, 3.63) is 168 Å². The maximum Gasteiger partial charge on any atom is 0.315 e. The van der Waals surface area contributed by atoms with Gasteiger partial charge in [0.05, 0.1) is 6.10 Å². The molecule has 5 aromatic rings. The molecule has 1 heterocycles. The minimum atomic E-state index is -2.77. The lowest BCUT2D eigenvalue weighted by atomic mass is 9.71. The van der Waals surface area contributed by atoms with E-state index >= 15 is 0 Å². The lowest BCUT2D eigenvalue weighted by molar-refractivity contribution is -0.155. The first kappa shape index (κ1) is 37.6. The molecule has 6 heteroatoms. The van der Waals surface area contributed by atoms with Crippen molar-refractivity contribution < 1.29 is 23.8 Å². The van der Waals surface area contributed by atoms with E-state index in [0.717, 1.165) is 29.5 Å². The molecule has 6 atom stereocenters. The average Bonchev–Trinajstić information content (AvgIpc) is 3.88. The first-order valence-corrected chi connectivity index (χ1v) is 22.1. The molecule has 8 rings (SSSR count). The van der Waals surface area contributed by atoms with Crippen molar-refractivity contribution in [2.45, 2.75) is 75.7 Å². The number of aliphatic hydroxyl groups is 1. The summed E-state index contributed by atoms with van der Waals surface area (Å²) >= 11 is 0. The highest BCUT2D eigenvalue weighted by Crippen LogP contribution is 2.64. The zero-order valence-corrected chi connectivity index (χ0v) is 33.4.